The van der Waals surface area contributed by atoms with Gasteiger partial charge in [0.25, 0.3) is 0 Å². The van der Waals surface area contributed by atoms with E-state index in [4.69, 9.17) is 4.74 Å². The summed E-state index contributed by atoms with van der Waals surface area (Å²) in [5, 5.41) is 0. The van der Waals surface area contributed by atoms with Crippen molar-refractivity contribution in [1.29, 1.82) is 0 Å². The van der Waals surface area contributed by atoms with Gasteiger partial charge in [0.1, 0.15) is 5.75 Å². The highest BCUT2D eigenvalue weighted by molar-refractivity contribution is 5.93. The Kier molecular flexibility index (Phi) is 5.65. The Balaban J connectivity index is 0.000000184. The molecule has 0 N–H and O–H groups in total. The lowest BCUT2D eigenvalue weighted by Crippen LogP contribution is -1.90. The predicted molar refractivity (Wildman–Crippen MR) is 74.2 cm³/mol. The molecule has 0 radical (unpaired) electrons. The van der Waals surface area contributed by atoms with Crippen molar-refractivity contribution >= 4 is 5.78 Å². The largest absolute Gasteiger partial charge is 0.497 e. The van der Waals surface area contributed by atoms with Crippen LogP contribution in [0.15, 0.2) is 54.6 Å². The summed E-state index contributed by atoms with van der Waals surface area (Å²) in [6, 6.07) is 17.3. The van der Waals surface area contributed by atoms with E-state index >= 15 is 0 Å². The van der Waals surface area contributed by atoms with Crippen molar-refractivity contribution in [1.82, 2.24) is 0 Å². The van der Waals surface area contributed by atoms with Gasteiger partial charge in [-0.05, 0) is 26.0 Å². The van der Waals surface area contributed by atoms with Crippen LogP contribution in [-0.2, 0) is 0 Å². The maximum Gasteiger partial charge on any atom is 0.159 e. The quantitative estimate of drug-likeness (QED) is 0.747. The second-order valence-corrected chi connectivity index (χ2v) is 3.94. The molecular formula is C16H18O2. The lowest BCUT2D eigenvalue weighted by molar-refractivity contribution is 0.101. The first-order chi connectivity index (χ1) is 8.63. The molecule has 0 aliphatic carbocycles. The SMILES string of the molecule is CC(=O)c1ccc(C)cc1.COc1ccccc1. The number of carbonyl (C=O) groups is 1. The van der Waals surface area contributed by atoms with Crippen molar-refractivity contribution in [2.45, 2.75) is 13.8 Å². The molecule has 0 atom stereocenters. The summed E-state index contributed by atoms with van der Waals surface area (Å²) in [7, 11) is 1.66. The van der Waals surface area contributed by atoms with E-state index in [9.17, 15) is 4.79 Å². The number of hydrogen-bond donors (Lipinski definition) is 0. The third-order valence-electron chi connectivity index (χ3n) is 2.44. The van der Waals surface area contributed by atoms with Gasteiger partial charge in [0.2, 0.25) is 0 Å². The topological polar surface area (TPSA) is 26.3 Å². The summed E-state index contributed by atoms with van der Waals surface area (Å²) < 4.78 is 4.91. The van der Waals surface area contributed by atoms with Crippen LogP contribution in [0, 0.1) is 6.92 Å². The van der Waals surface area contributed by atoms with Crippen LogP contribution < -0.4 is 4.74 Å². The van der Waals surface area contributed by atoms with Crippen LogP contribution in [0.25, 0.3) is 0 Å². The summed E-state index contributed by atoms with van der Waals surface area (Å²) in [6.07, 6.45) is 0. The summed E-state index contributed by atoms with van der Waals surface area (Å²) in [5.74, 6) is 1.03. The number of benzene rings is 2. The van der Waals surface area contributed by atoms with Gasteiger partial charge in [0, 0.05) is 5.56 Å². The van der Waals surface area contributed by atoms with E-state index in [0.717, 1.165) is 11.3 Å². The monoisotopic (exact) mass is 242 g/mol. The van der Waals surface area contributed by atoms with Gasteiger partial charge in [-0.25, -0.2) is 0 Å². The molecule has 0 aromatic heterocycles. The van der Waals surface area contributed by atoms with Crippen LogP contribution in [0.3, 0.4) is 0 Å². The summed E-state index contributed by atoms with van der Waals surface area (Å²) in [6.45, 7) is 3.58. The fourth-order valence-corrected chi connectivity index (χ4v) is 1.34. The first-order valence-corrected chi connectivity index (χ1v) is 5.80. The van der Waals surface area contributed by atoms with Crippen LogP contribution >= 0.6 is 0 Å². The van der Waals surface area contributed by atoms with Crippen molar-refractivity contribution in [2.24, 2.45) is 0 Å². The highest BCUT2D eigenvalue weighted by atomic mass is 16.5. The molecule has 0 unspecified atom stereocenters. The molecule has 2 aromatic carbocycles. The van der Waals surface area contributed by atoms with Crippen LogP contribution in [0.5, 0.6) is 5.75 Å². The smallest absolute Gasteiger partial charge is 0.159 e. The molecule has 2 nitrogen and oxygen atoms in total. The predicted octanol–water partition coefficient (Wildman–Crippen LogP) is 3.89. The first-order valence-electron chi connectivity index (χ1n) is 5.80. The van der Waals surface area contributed by atoms with E-state index in [0.29, 0.717) is 0 Å². The second-order valence-electron chi connectivity index (χ2n) is 3.94. The Bertz CT molecular complexity index is 472. The zero-order chi connectivity index (χ0) is 13.4. The number of para-hydroxylation sites is 1. The fourth-order valence-electron chi connectivity index (χ4n) is 1.34. The minimum Gasteiger partial charge on any atom is -0.497 e. The summed E-state index contributed by atoms with van der Waals surface area (Å²) >= 11 is 0. The van der Waals surface area contributed by atoms with Crippen molar-refractivity contribution in [3.63, 3.8) is 0 Å². The molecule has 0 aliphatic rings. The second kappa shape index (κ2) is 7.28. The molecule has 2 aromatic rings. The van der Waals surface area contributed by atoms with Gasteiger partial charge in [-0.1, -0.05) is 48.0 Å². The van der Waals surface area contributed by atoms with Crippen LogP contribution in [0.2, 0.25) is 0 Å². The lowest BCUT2D eigenvalue weighted by atomic mass is 10.1. The molecule has 0 amide bonds. The molecule has 0 fully saturated rings. The molecule has 0 heterocycles. The number of ether oxygens (including phenoxy) is 1. The highest BCUT2D eigenvalue weighted by Crippen LogP contribution is 2.05. The Hall–Kier alpha value is -2.09. The minimum atomic E-state index is 0.125. The average molecular weight is 242 g/mol. The van der Waals surface area contributed by atoms with Gasteiger partial charge >= 0.3 is 0 Å². The van der Waals surface area contributed by atoms with E-state index in [2.05, 4.69) is 0 Å². The molecule has 2 rings (SSSR count). The zero-order valence-corrected chi connectivity index (χ0v) is 11.0. The number of hydrogen-bond acceptors (Lipinski definition) is 2. The summed E-state index contributed by atoms with van der Waals surface area (Å²) in [5.41, 5.74) is 1.97. The van der Waals surface area contributed by atoms with E-state index in [1.54, 1.807) is 14.0 Å². The number of Topliss-reactive ketones (excluding diaryl/α,β-unsaturated/α-hetero) is 1. The van der Waals surface area contributed by atoms with E-state index in [1.165, 1.54) is 5.56 Å². The van der Waals surface area contributed by atoms with Crippen molar-refractivity contribution < 1.29 is 9.53 Å². The van der Waals surface area contributed by atoms with Gasteiger partial charge in [-0.2, -0.15) is 0 Å². The van der Waals surface area contributed by atoms with Crippen LogP contribution in [0.1, 0.15) is 22.8 Å². The summed E-state index contributed by atoms with van der Waals surface area (Å²) in [4.78, 5) is 10.8. The fraction of sp³-hybridized carbons (Fsp3) is 0.188. The average Bonchev–Trinajstić information content (AvgIpc) is 2.41. The highest BCUT2D eigenvalue weighted by Gasteiger charge is 1.95. The Morgan fingerprint density at radius 1 is 0.944 bits per heavy atom. The van der Waals surface area contributed by atoms with Gasteiger partial charge in [0.05, 0.1) is 7.11 Å². The molecule has 0 spiro atoms. The van der Waals surface area contributed by atoms with Gasteiger partial charge in [-0.3, -0.25) is 4.79 Å². The number of aryl methyl sites for hydroxylation is 1. The Morgan fingerprint density at radius 3 is 1.89 bits per heavy atom. The molecule has 0 aliphatic heterocycles. The molecule has 18 heavy (non-hydrogen) atoms. The molecule has 2 heteroatoms. The normalized spacial score (nSPS) is 9.06. The van der Waals surface area contributed by atoms with Gasteiger partial charge in [-0.15, -0.1) is 0 Å². The minimum absolute atomic E-state index is 0.125. The first kappa shape index (κ1) is 14.0. The number of ketones is 1. The number of rotatable bonds is 2. The third kappa shape index (κ3) is 4.83. The Morgan fingerprint density at radius 2 is 1.50 bits per heavy atom. The molecule has 0 saturated heterocycles. The Labute approximate surface area is 108 Å². The zero-order valence-electron chi connectivity index (χ0n) is 11.0. The molecule has 0 saturated carbocycles. The number of methoxy groups -OCH3 is 1. The maximum atomic E-state index is 10.8. The van der Waals surface area contributed by atoms with E-state index < -0.39 is 0 Å². The van der Waals surface area contributed by atoms with Gasteiger partial charge in [0.15, 0.2) is 5.78 Å². The van der Waals surface area contributed by atoms with E-state index in [-0.39, 0.29) is 5.78 Å². The van der Waals surface area contributed by atoms with E-state index in [1.807, 2.05) is 61.5 Å². The standard InChI is InChI=1S/C9H10O.C7H8O/c1-7-3-5-9(6-4-7)8(2)10;1-8-7-5-3-2-4-6-7/h3-6H,1-2H3;2-6H,1H3. The van der Waals surface area contributed by atoms with Crippen LogP contribution in [0.4, 0.5) is 0 Å². The van der Waals surface area contributed by atoms with Crippen molar-refractivity contribution in [2.75, 3.05) is 7.11 Å². The van der Waals surface area contributed by atoms with Crippen molar-refractivity contribution in [3.8, 4) is 5.75 Å². The molecule has 94 valence electrons. The van der Waals surface area contributed by atoms with Crippen LogP contribution in [-0.4, -0.2) is 12.9 Å². The molecular weight excluding hydrogens is 224 g/mol. The lowest BCUT2D eigenvalue weighted by Gasteiger charge is -1.93. The number of carbonyl (C=O) groups excluding carboxylic acids is 1. The van der Waals surface area contributed by atoms with Crippen molar-refractivity contribution in [3.05, 3.63) is 65.7 Å². The maximum absolute atomic E-state index is 10.8. The molecule has 0 bridgehead atoms. The van der Waals surface area contributed by atoms with Gasteiger partial charge < -0.3 is 4.74 Å². The third-order valence-corrected chi connectivity index (χ3v) is 2.44.